The van der Waals surface area contributed by atoms with Gasteiger partial charge < -0.3 is 4.98 Å². The first-order valence-corrected chi connectivity index (χ1v) is 3.26. The molecule has 0 amide bonds. The molecule has 0 aromatic carbocycles. The molecular formula is C7H12N2. The lowest BCUT2D eigenvalue weighted by Crippen LogP contribution is -1.80. The van der Waals surface area contributed by atoms with Gasteiger partial charge in [-0.05, 0) is 13.8 Å². The van der Waals surface area contributed by atoms with Gasteiger partial charge in [0.2, 0.25) is 0 Å². The van der Waals surface area contributed by atoms with E-state index >= 15 is 0 Å². The minimum absolute atomic E-state index is 0.995. The number of hydrogen-bond acceptors (Lipinski definition) is 1. The first kappa shape index (κ1) is 6.33. The van der Waals surface area contributed by atoms with E-state index in [0.717, 1.165) is 17.9 Å². The van der Waals surface area contributed by atoms with Crippen LogP contribution in [0.1, 0.15) is 24.1 Å². The highest BCUT2D eigenvalue weighted by atomic mass is 14.9. The van der Waals surface area contributed by atoms with Gasteiger partial charge in [-0.15, -0.1) is 0 Å². The summed E-state index contributed by atoms with van der Waals surface area (Å²) in [4.78, 5) is 7.46. The van der Waals surface area contributed by atoms with E-state index in [9.17, 15) is 0 Å². The number of aromatic amines is 1. The van der Waals surface area contributed by atoms with Crippen LogP contribution in [0, 0.1) is 13.8 Å². The Balaban J connectivity index is 2.98. The van der Waals surface area contributed by atoms with Crippen LogP contribution in [-0.4, -0.2) is 9.97 Å². The van der Waals surface area contributed by atoms with Crippen LogP contribution in [0.25, 0.3) is 0 Å². The van der Waals surface area contributed by atoms with Crippen LogP contribution in [0.5, 0.6) is 0 Å². The van der Waals surface area contributed by atoms with E-state index in [-0.39, 0.29) is 0 Å². The summed E-state index contributed by atoms with van der Waals surface area (Å²) in [6.07, 6.45) is 0.995. The summed E-state index contributed by atoms with van der Waals surface area (Å²) in [6, 6.07) is 0. The zero-order valence-electron chi connectivity index (χ0n) is 6.15. The topological polar surface area (TPSA) is 28.7 Å². The molecular weight excluding hydrogens is 112 g/mol. The van der Waals surface area contributed by atoms with Crippen molar-refractivity contribution in [3.8, 4) is 0 Å². The van der Waals surface area contributed by atoms with Crippen LogP contribution < -0.4 is 0 Å². The van der Waals surface area contributed by atoms with Crippen molar-refractivity contribution in [3.63, 3.8) is 0 Å². The van der Waals surface area contributed by atoms with Crippen LogP contribution in [-0.2, 0) is 6.42 Å². The second-order valence-electron chi connectivity index (χ2n) is 2.25. The monoisotopic (exact) mass is 124 g/mol. The molecule has 0 atom stereocenters. The number of hydrogen-bond donors (Lipinski definition) is 1. The Labute approximate surface area is 55.3 Å². The average Bonchev–Trinajstić information content (AvgIpc) is 2.13. The normalized spacial score (nSPS) is 10.1. The minimum atomic E-state index is 0.995. The third kappa shape index (κ3) is 1.12. The molecule has 0 aliphatic carbocycles. The van der Waals surface area contributed by atoms with Crippen molar-refractivity contribution in [2.24, 2.45) is 0 Å². The number of H-pyrrole nitrogens is 1. The van der Waals surface area contributed by atoms with Crippen molar-refractivity contribution in [2.75, 3.05) is 0 Å². The molecule has 2 nitrogen and oxygen atoms in total. The summed E-state index contributed by atoms with van der Waals surface area (Å²) >= 11 is 0. The highest BCUT2D eigenvalue weighted by molar-refractivity contribution is 5.10. The van der Waals surface area contributed by atoms with E-state index in [1.807, 2.05) is 13.8 Å². The molecule has 0 aliphatic rings. The fourth-order valence-corrected chi connectivity index (χ4v) is 0.789. The first-order valence-electron chi connectivity index (χ1n) is 3.26. The Morgan fingerprint density at radius 1 is 1.44 bits per heavy atom. The molecule has 2 heteroatoms. The molecule has 1 rings (SSSR count). The summed E-state index contributed by atoms with van der Waals surface area (Å²) in [5.41, 5.74) is 2.30. The van der Waals surface area contributed by atoms with Gasteiger partial charge in [-0.25, -0.2) is 4.98 Å². The third-order valence-corrected chi connectivity index (χ3v) is 1.51. The maximum absolute atomic E-state index is 4.27. The largest absolute Gasteiger partial charge is 0.346 e. The van der Waals surface area contributed by atoms with Crippen molar-refractivity contribution in [1.29, 1.82) is 0 Å². The smallest absolute Gasteiger partial charge is 0.106 e. The molecule has 1 N–H and O–H groups in total. The average molecular weight is 124 g/mol. The van der Waals surface area contributed by atoms with Crippen LogP contribution in [0.4, 0.5) is 0 Å². The number of imidazole rings is 1. The quantitative estimate of drug-likeness (QED) is 0.605. The summed E-state index contributed by atoms with van der Waals surface area (Å²) in [7, 11) is 0. The van der Waals surface area contributed by atoms with Gasteiger partial charge in [0.05, 0.1) is 5.69 Å². The fourth-order valence-electron chi connectivity index (χ4n) is 0.789. The Morgan fingerprint density at radius 2 is 2.11 bits per heavy atom. The third-order valence-electron chi connectivity index (χ3n) is 1.51. The van der Waals surface area contributed by atoms with E-state index < -0.39 is 0 Å². The maximum atomic E-state index is 4.27. The Bertz CT molecular complexity index is 181. The number of nitrogens with zero attached hydrogens (tertiary/aromatic N) is 1. The molecule has 0 bridgehead atoms. The van der Waals surface area contributed by atoms with E-state index in [2.05, 4.69) is 16.9 Å². The van der Waals surface area contributed by atoms with E-state index in [4.69, 9.17) is 0 Å². The van der Waals surface area contributed by atoms with E-state index in [0.29, 0.717) is 0 Å². The van der Waals surface area contributed by atoms with E-state index in [1.54, 1.807) is 0 Å². The first-order chi connectivity index (χ1) is 4.24. The van der Waals surface area contributed by atoms with Gasteiger partial charge in [0.1, 0.15) is 5.82 Å². The second-order valence-corrected chi connectivity index (χ2v) is 2.25. The fraction of sp³-hybridized carbons (Fsp3) is 0.571. The molecule has 0 saturated heterocycles. The summed E-state index contributed by atoms with van der Waals surface area (Å²) in [6.45, 7) is 6.16. The predicted molar refractivity (Wildman–Crippen MR) is 37.4 cm³/mol. The highest BCUT2D eigenvalue weighted by Gasteiger charge is 1.97. The standard InChI is InChI=1S/C7H12N2/c1-4-7-8-5(2)6(3)9-7/h4H2,1-3H3,(H,8,9). The molecule has 0 unspecified atom stereocenters. The van der Waals surface area contributed by atoms with Gasteiger partial charge in [0.25, 0.3) is 0 Å². The Hall–Kier alpha value is -0.790. The van der Waals surface area contributed by atoms with E-state index in [1.165, 1.54) is 5.69 Å². The van der Waals surface area contributed by atoms with Crippen molar-refractivity contribution in [3.05, 3.63) is 17.2 Å². The summed E-state index contributed by atoms with van der Waals surface area (Å²) in [5.74, 6) is 1.09. The molecule has 9 heavy (non-hydrogen) atoms. The van der Waals surface area contributed by atoms with Gasteiger partial charge in [0.15, 0.2) is 0 Å². The lowest BCUT2D eigenvalue weighted by molar-refractivity contribution is 0.977. The van der Waals surface area contributed by atoms with Gasteiger partial charge in [0, 0.05) is 12.1 Å². The van der Waals surface area contributed by atoms with Gasteiger partial charge in [-0.2, -0.15) is 0 Å². The van der Waals surface area contributed by atoms with Crippen LogP contribution in [0.2, 0.25) is 0 Å². The molecule has 0 fully saturated rings. The van der Waals surface area contributed by atoms with Gasteiger partial charge in [-0.1, -0.05) is 6.92 Å². The lowest BCUT2D eigenvalue weighted by atomic mass is 10.4. The SMILES string of the molecule is CCc1nc(C)c(C)[nH]1. The molecule has 50 valence electrons. The van der Waals surface area contributed by atoms with Gasteiger partial charge in [-0.3, -0.25) is 0 Å². The van der Waals surface area contributed by atoms with Crippen molar-refractivity contribution in [2.45, 2.75) is 27.2 Å². The molecule has 1 heterocycles. The maximum Gasteiger partial charge on any atom is 0.106 e. The number of nitrogens with one attached hydrogen (secondary N) is 1. The molecule has 0 aliphatic heterocycles. The van der Waals surface area contributed by atoms with Crippen molar-refractivity contribution < 1.29 is 0 Å². The van der Waals surface area contributed by atoms with Crippen LogP contribution in [0.3, 0.4) is 0 Å². The molecule has 1 aromatic rings. The highest BCUT2D eigenvalue weighted by Crippen LogP contribution is 2.01. The Kier molecular flexibility index (Phi) is 1.56. The number of aryl methyl sites for hydroxylation is 3. The van der Waals surface area contributed by atoms with Crippen molar-refractivity contribution in [1.82, 2.24) is 9.97 Å². The number of rotatable bonds is 1. The molecule has 0 radical (unpaired) electrons. The molecule has 0 saturated carbocycles. The molecule has 0 spiro atoms. The number of aromatic nitrogens is 2. The van der Waals surface area contributed by atoms with Gasteiger partial charge >= 0.3 is 0 Å². The summed E-state index contributed by atoms with van der Waals surface area (Å²) in [5, 5.41) is 0. The zero-order chi connectivity index (χ0) is 6.85. The van der Waals surface area contributed by atoms with Crippen LogP contribution >= 0.6 is 0 Å². The lowest BCUT2D eigenvalue weighted by Gasteiger charge is -1.82. The molecule has 1 aromatic heterocycles. The Morgan fingerprint density at radius 3 is 2.33 bits per heavy atom. The van der Waals surface area contributed by atoms with Crippen molar-refractivity contribution >= 4 is 0 Å². The second kappa shape index (κ2) is 2.21. The minimum Gasteiger partial charge on any atom is -0.346 e. The summed E-state index contributed by atoms with van der Waals surface area (Å²) < 4.78 is 0. The predicted octanol–water partition coefficient (Wildman–Crippen LogP) is 1.59. The zero-order valence-corrected chi connectivity index (χ0v) is 6.15. The van der Waals surface area contributed by atoms with Crippen LogP contribution in [0.15, 0.2) is 0 Å².